The molecule has 0 aromatic carbocycles. The number of hydrogen-bond donors (Lipinski definition) is 2. The molecule has 0 aromatic heterocycles. The summed E-state index contributed by atoms with van der Waals surface area (Å²) in [5.41, 5.74) is 5.20. The summed E-state index contributed by atoms with van der Waals surface area (Å²) in [6.45, 7) is 8.77. The average molecular weight is 224 g/mol. The molecule has 0 aliphatic rings. The molecule has 13 heavy (non-hydrogen) atoms. The van der Waals surface area contributed by atoms with Gasteiger partial charge in [-0.1, -0.05) is 13.8 Å². The first-order valence-corrected chi connectivity index (χ1v) is 5.89. The summed E-state index contributed by atoms with van der Waals surface area (Å²) in [5.74, 6) is 0. The lowest BCUT2D eigenvalue weighted by molar-refractivity contribution is 0.171. The lowest BCUT2D eigenvalue weighted by Gasteiger charge is -2.45. The first-order chi connectivity index (χ1) is 5.44. The fraction of sp³-hybridized carbons (Fsp3) is 1.00. The Kier molecular flexibility index (Phi) is 3.35. The molecule has 0 aliphatic heterocycles. The summed E-state index contributed by atoms with van der Waals surface area (Å²) >= 11 is 6.14. The third kappa shape index (κ3) is 2.11. The summed E-state index contributed by atoms with van der Waals surface area (Å²) < 4.78 is 11.1. The Morgan fingerprint density at radius 3 is 1.62 bits per heavy atom. The van der Waals surface area contributed by atoms with E-state index in [-0.39, 0.29) is 0 Å². The van der Waals surface area contributed by atoms with Crippen molar-refractivity contribution in [1.82, 2.24) is 0 Å². The summed E-state index contributed by atoms with van der Waals surface area (Å²) in [7, 11) is -2.81. The lowest BCUT2D eigenvalue weighted by Crippen LogP contribution is -2.63. The van der Waals surface area contributed by atoms with E-state index in [0.29, 0.717) is 0 Å². The predicted octanol–water partition coefficient (Wildman–Crippen LogP) is 1.20. The lowest BCUT2D eigenvalue weighted by atomic mass is 9.74. The van der Waals surface area contributed by atoms with Crippen LogP contribution in [0.5, 0.6) is 0 Å². The molecule has 0 amide bonds. The van der Waals surface area contributed by atoms with Crippen molar-refractivity contribution in [3.8, 4) is 0 Å². The van der Waals surface area contributed by atoms with Crippen LogP contribution in [0, 0.1) is 5.41 Å². The van der Waals surface area contributed by atoms with Crippen LogP contribution in [0.25, 0.3) is 0 Å². The molecule has 5 heteroatoms. The van der Waals surface area contributed by atoms with Crippen LogP contribution in [0.15, 0.2) is 0 Å². The Morgan fingerprint density at radius 2 is 1.54 bits per heavy atom. The molecule has 0 bridgehead atoms. The summed E-state index contributed by atoms with van der Waals surface area (Å²) in [4.78, 5) is 8.52. The van der Waals surface area contributed by atoms with E-state index in [1.165, 1.54) is 0 Å². The smallest absolute Gasteiger partial charge is 0.521 e. The Balaban J connectivity index is 5.16. The van der Waals surface area contributed by atoms with Crippen molar-refractivity contribution in [3.05, 3.63) is 0 Å². The van der Waals surface area contributed by atoms with Crippen molar-refractivity contribution in [3.63, 3.8) is 0 Å². The average Bonchev–Trinajstić information content (AvgIpc) is 1.84. The van der Waals surface area contributed by atoms with Gasteiger partial charge in [-0.25, -0.2) is 0 Å². The van der Waals surface area contributed by atoms with Gasteiger partial charge in [-0.05, 0) is 20.8 Å². The van der Waals surface area contributed by atoms with Gasteiger partial charge in [0.15, 0.2) is 0 Å². The van der Waals surface area contributed by atoms with Crippen LogP contribution in [-0.4, -0.2) is 23.8 Å². The second-order valence-corrected chi connectivity index (χ2v) is 7.20. The van der Waals surface area contributed by atoms with Gasteiger partial charge in [0.1, 0.15) is 5.16 Å². The Morgan fingerprint density at radius 1 is 1.23 bits per heavy atom. The van der Waals surface area contributed by atoms with E-state index in [1.807, 2.05) is 0 Å². The first kappa shape index (κ1) is 13.1. The molecule has 1 atom stereocenters. The van der Waals surface area contributed by atoms with Crippen molar-refractivity contribution in [2.45, 2.75) is 44.7 Å². The molecule has 0 fully saturated rings. The van der Waals surface area contributed by atoms with Crippen LogP contribution in [0.2, 0.25) is 0 Å². The third-order valence-electron chi connectivity index (χ3n) is 3.23. The predicted molar refractivity (Wildman–Crippen MR) is 55.0 cm³/mol. The number of halogens is 1. The standard InChI is InChI=1S/C8H18ClNO2Si/c1-6(2,7(3,4)9)8(5,10)13(11)12/h11H,10H2,1-5H3. The minimum Gasteiger partial charge on any atom is -0.539 e. The maximum atomic E-state index is 11.1. The van der Waals surface area contributed by atoms with Crippen molar-refractivity contribution < 1.29 is 9.26 Å². The molecular formula is C8H18ClNO2Si. The maximum Gasteiger partial charge on any atom is 0.521 e. The van der Waals surface area contributed by atoms with E-state index in [2.05, 4.69) is 0 Å². The van der Waals surface area contributed by atoms with Crippen LogP contribution >= 0.6 is 11.6 Å². The topological polar surface area (TPSA) is 63.3 Å². The highest BCUT2D eigenvalue weighted by atomic mass is 35.5. The zero-order valence-corrected chi connectivity index (χ0v) is 10.6. The van der Waals surface area contributed by atoms with Gasteiger partial charge in [0.05, 0.1) is 0 Å². The Bertz CT molecular complexity index is 221. The van der Waals surface area contributed by atoms with E-state index in [1.54, 1.807) is 34.6 Å². The van der Waals surface area contributed by atoms with Crippen LogP contribution in [0.1, 0.15) is 34.6 Å². The van der Waals surface area contributed by atoms with Crippen LogP contribution in [-0.2, 0) is 4.46 Å². The molecule has 78 valence electrons. The highest BCUT2D eigenvalue weighted by Crippen LogP contribution is 2.43. The monoisotopic (exact) mass is 223 g/mol. The van der Waals surface area contributed by atoms with Crippen molar-refractivity contribution in [2.75, 3.05) is 0 Å². The van der Waals surface area contributed by atoms with Gasteiger partial charge in [0.2, 0.25) is 0 Å². The van der Waals surface area contributed by atoms with Gasteiger partial charge in [-0.15, -0.1) is 11.6 Å². The van der Waals surface area contributed by atoms with E-state index in [0.717, 1.165) is 0 Å². The van der Waals surface area contributed by atoms with Crippen molar-refractivity contribution >= 4 is 20.5 Å². The van der Waals surface area contributed by atoms with Gasteiger partial charge >= 0.3 is 8.93 Å². The zero-order valence-electron chi connectivity index (χ0n) is 8.81. The molecule has 0 heterocycles. The number of hydrogen-bond acceptors (Lipinski definition) is 2. The van der Waals surface area contributed by atoms with Gasteiger partial charge in [0, 0.05) is 10.3 Å². The van der Waals surface area contributed by atoms with Gasteiger partial charge in [-0.3, -0.25) is 0 Å². The maximum absolute atomic E-state index is 11.1. The fourth-order valence-electron chi connectivity index (χ4n) is 0.885. The summed E-state index contributed by atoms with van der Waals surface area (Å²) in [6, 6.07) is 0. The number of alkyl halides is 1. The first-order valence-electron chi connectivity index (χ1n) is 4.16. The van der Waals surface area contributed by atoms with Crippen molar-refractivity contribution in [1.29, 1.82) is 0 Å². The molecule has 0 spiro atoms. The quantitative estimate of drug-likeness (QED) is 0.558. The molecule has 0 saturated heterocycles. The van der Waals surface area contributed by atoms with E-state index >= 15 is 0 Å². The molecule has 0 radical (unpaired) electrons. The van der Waals surface area contributed by atoms with Crippen LogP contribution in [0.4, 0.5) is 0 Å². The molecule has 0 aliphatic carbocycles. The summed E-state index contributed by atoms with van der Waals surface area (Å²) in [6.07, 6.45) is 0. The molecule has 1 unspecified atom stereocenters. The molecule has 3 N–H and O–H groups in total. The summed E-state index contributed by atoms with van der Waals surface area (Å²) in [5, 5.41) is -1.15. The van der Waals surface area contributed by atoms with E-state index in [9.17, 15) is 4.46 Å². The van der Waals surface area contributed by atoms with Crippen LogP contribution in [0.3, 0.4) is 0 Å². The minimum atomic E-state index is -2.81. The van der Waals surface area contributed by atoms with Gasteiger partial charge in [-0.2, -0.15) is 0 Å². The normalized spacial score (nSPS) is 18.1. The zero-order chi connectivity index (χ0) is 11.1. The van der Waals surface area contributed by atoms with E-state index in [4.69, 9.17) is 22.1 Å². The highest BCUT2D eigenvalue weighted by Gasteiger charge is 2.53. The fourth-order valence-corrected chi connectivity index (χ4v) is 2.01. The minimum absolute atomic E-state index is 0.619. The largest absolute Gasteiger partial charge is 0.539 e. The molecule has 0 saturated carbocycles. The second kappa shape index (κ2) is 3.33. The van der Waals surface area contributed by atoms with Gasteiger partial charge in [0.25, 0.3) is 0 Å². The number of nitrogens with two attached hydrogens (primary N) is 1. The molecular weight excluding hydrogens is 206 g/mol. The highest BCUT2D eigenvalue weighted by molar-refractivity contribution is 6.38. The number of rotatable bonds is 3. The molecule has 0 aromatic rings. The van der Waals surface area contributed by atoms with Crippen molar-refractivity contribution in [2.24, 2.45) is 11.1 Å². The van der Waals surface area contributed by atoms with E-state index < -0.39 is 24.4 Å². The second-order valence-electron chi connectivity index (χ2n) is 4.60. The Labute approximate surface area is 86.1 Å². The third-order valence-corrected chi connectivity index (χ3v) is 5.21. The molecule has 0 rings (SSSR count). The van der Waals surface area contributed by atoms with Gasteiger partial charge < -0.3 is 15.0 Å². The van der Waals surface area contributed by atoms with Crippen LogP contribution < -0.4 is 5.73 Å². The SMILES string of the molecule is CC(C)(Cl)C(C)(C)C(C)(N)[Si](=O)O. The Hall–Kier alpha value is 0.0669. The molecule has 3 nitrogen and oxygen atoms in total.